The predicted octanol–water partition coefficient (Wildman–Crippen LogP) is 3.09. The average Bonchev–Trinajstić information content (AvgIpc) is 3.00. The fourth-order valence-electron chi connectivity index (χ4n) is 3.53. The molecule has 0 spiro atoms. The van der Waals surface area contributed by atoms with Gasteiger partial charge in [-0.3, -0.25) is 4.90 Å². The Bertz CT molecular complexity index is 596. The quantitative estimate of drug-likeness (QED) is 0.920. The van der Waals surface area contributed by atoms with E-state index in [1.807, 2.05) is 11.3 Å². The Kier molecular flexibility index (Phi) is 5.88. The number of ether oxygens (including phenoxy) is 1. The van der Waals surface area contributed by atoms with Gasteiger partial charge in [0.2, 0.25) is 0 Å². The molecular formula is C17H24ClN3OS. The molecule has 2 aliphatic heterocycles. The summed E-state index contributed by atoms with van der Waals surface area (Å²) in [4.78, 5) is 7.46. The van der Waals surface area contributed by atoms with E-state index in [-0.39, 0.29) is 12.4 Å². The molecule has 0 radical (unpaired) electrons. The summed E-state index contributed by atoms with van der Waals surface area (Å²) in [5.74, 6) is 0.767. The highest BCUT2D eigenvalue weighted by atomic mass is 35.5. The summed E-state index contributed by atoms with van der Waals surface area (Å²) < 4.78 is 7.04. The number of benzene rings is 1. The summed E-state index contributed by atoms with van der Waals surface area (Å²) in [6.45, 7) is 6.15. The van der Waals surface area contributed by atoms with Crippen molar-refractivity contribution in [3.63, 3.8) is 0 Å². The van der Waals surface area contributed by atoms with E-state index in [4.69, 9.17) is 9.72 Å². The minimum absolute atomic E-state index is 0. The molecule has 4 rings (SSSR count). The molecule has 2 unspecified atom stereocenters. The van der Waals surface area contributed by atoms with E-state index in [2.05, 4.69) is 34.5 Å². The van der Waals surface area contributed by atoms with Crippen LogP contribution in [0.2, 0.25) is 0 Å². The van der Waals surface area contributed by atoms with Gasteiger partial charge in [0.1, 0.15) is 5.01 Å². The number of piperidine rings is 1. The van der Waals surface area contributed by atoms with Crippen LogP contribution in [-0.4, -0.2) is 49.3 Å². The highest BCUT2D eigenvalue weighted by Crippen LogP contribution is 2.32. The third-order valence-electron chi connectivity index (χ3n) is 4.73. The normalized spacial score (nSPS) is 26.1. The zero-order valence-corrected chi connectivity index (χ0v) is 14.9. The van der Waals surface area contributed by atoms with Gasteiger partial charge in [-0.05, 0) is 44.0 Å². The lowest BCUT2D eigenvalue weighted by molar-refractivity contribution is -0.0168. The van der Waals surface area contributed by atoms with Gasteiger partial charge in [0, 0.05) is 13.1 Å². The Morgan fingerprint density at radius 1 is 1.35 bits per heavy atom. The highest BCUT2D eigenvalue weighted by molar-refractivity contribution is 7.18. The van der Waals surface area contributed by atoms with Crippen molar-refractivity contribution in [1.29, 1.82) is 0 Å². The zero-order valence-electron chi connectivity index (χ0n) is 13.2. The van der Waals surface area contributed by atoms with Gasteiger partial charge in [0.15, 0.2) is 0 Å². The number of hydrogen-bond acceptors (Lipinski definition) is 5. The Morgan fingerprint density at radius 2 is 2.26 bits per heavy atom. The van der Waals surface area contributed by atoms with Crippen LogP contribution in [0, 0.1) is 5.92 Å². The van der Waals surface area contributed by atoms with Crippen molar-refractivity contribution in [2.75, 3.05) is 39.4 Å². The maximum atomic E-state index is 5.76. The first-order chi connectivity index (χ1) is 10.9. The van der Waals surface area contributed by atoms with Crippen molar-refractivity contribution in [3.8, 4) is 0 Å². The van der Waals surface area contributed by atoms with E-state index in [0.29, 0.717) is 6.04 Å². The molecule has 2 fully saturated rings. The minimum Gasteiger partial charge on any atom is -0.378 e. The fourth-order valence-corrected chi connectivity index (χ4v) is 4.62. The molecule has 1 aromatic heterocycles. The number of nitrogens with one attached hydrogen (secondary N) is 1. The Morgan fingerprint density at radius 3 is 3.09 bits per heavy atom. The van der Waals surface area contributed by atoms with Gasteiger partial charge in [0.05, 0.1) is 29.5 Å². The highest BCUT2D eigenvalue weighted by Gasteiger charge is 2.29. The monoisotopic (exact) mass is 353 g/mol. The molecule has 2 aliphatic rings. The topological polar surface area (TPSA) is 37.4 Å². The Labute approximate surface area is 147 Å². The minimum atomic E-state index is 0. The van der Waals surface area contributed by atoms with Crippen LogP contribution in [-0.2, 0) is 4.74 Å². The standard InChI is InChI=1S/C17H23N3OS.ClH/c1-2-6-16-14(5-1)19-17(22-16)15-12-21-9-8-20(15)11-13-4-3-7-18-10-13;/h1-2,5-6,13,15,18H,3-4,7-12H2;1H. The van der Waals surface area contributed by atoms with Gasteiger partial charge in [0.25, 0.3) is 0 Å². The first-order valence-electron chi connectivity index (χ1n) is 8.28. The molecule has 1 aromatic carbocycles. The first kappa shape index (κ1) is 17.1. The number of morpholine rings is 1. The molecule has 2 aromatic rings. The number of para-hydroxylation sites is 1. The van der Waals surface area contributed by atoms with Gasteiger partial charge in [-0.2, -0.15) is 0 Å². The van der Waals surface area contributed by atoms with Crippen LogP contribution < -0.4 is 5.32 Å². The lowest BCUT2D eigenvalue weighted by Gasteiger charge is -2.37. The molecule has 126 valence electrons. The van der Waals surface area contributed by atoms with Crippen LogP contribution in [0.5, 0.6) is 0 Å². The number of halogens is 1. The second kappa shape index (κ2) is 7.90. The fraction of sp³-hybridized carbons (Fsp3) is 0.588. The van der Waals surface area contributed by atoms with E-state index in [1.165, 1.54) is 29.1 Å². The molecule has 0 bridgehead atoms. The number of rotatable bonds is 3. The molecule has 2 saturated heterocycles. The van der Waals surface area contributed by atoms with Crippen molar-refractivity contribution < 1.29 is 4.74 Å². The molecule has 6 heteroatoms. The van der Waals surface area contributed by atoms with E-state index >= 15 is 0 Å². The van der Waals surface area contributed by atoms with Crippen LogP contribution in [0.15, 0.2) is 24.3 Å². The van der Waals surface area contributed by atoms with Crippen molar-refractivity contribution >= 4 is 34.0 Å². The predicted molar refractivity (Wildman–Crippen MR) is 97.6 cm³/mol. The second-order valence-corrected chi connectivity index (χ2v) is 7.38. The largest absolute Gasteiger partial charge is 0.378 e. The molecule has 2 atom stereocenters. The molecule has 0 saturated carbocycles. The molecular weight excluding hydrogens is 330 g/mol. The lowest BCUT2D eigenvalue weighted by Crippen LogP contribution is -2.45. The van der Waals surface area contributed by atoms with Gasteiger partial charge in [-0.1, -0.05) is 12.1 Å². The summed E-state index contributed by atoms with van der Waals surface area (Å²) in [5.41, 5.74) is 1.12. The van der Waals surface area contributed by atoms with E-state index in [1.54, 1.807) is 0 Å². The first-order valence-corrected chi connectivity index (χ1v) is 9.10. The average molecular weight is 354 g/mol. The van der Waals surface area contributed by atoms with E-state index < -0.39 is 0 Å². The van der Waals surface area contributed by atoms with Crippen LogP contribution in [0.3, 0.4) is 0 Å². The van der Waals surface area contributed by atoms with Gasteiger partial charge in [-0.25, -0.2) is 4.98 Å². The van der Waals surface area contributed by atoms with Crippen molar-refractivity contribution in [2.45, 2.75) is 18.9 Å². The van der Waals surface area contributed by atoms with Crippen molar-refractivity contribution in [2.24, 2.45) is 5.92 Å². The zero-order chi connectivity index (χ0) is 14.8. The van der Waals surface area contributed by atoms with Crippen LogP contribution in [0.4, 0.5) is 0 Å². The van der Waals surface area contributed by atoms with Crippen molar-refractivity contribution in [1.82, 2.24) is 15.2 Å². The number of nitrogens with zero attached hydrogens (tertiary/aromatic N) is 2. The third-order valence-corrected chi connectivity index (χ3v) is 5.86. The summed E-state index contributed by atoms with van der Waals surface area (Å²) >= 11 is 1.82. The SMILES string of the molecule is Cl.c1ccc2sc(C3COCCN3CC3CCCNC3)nc2c1. The molecule has 1 N–H and O–H groups in total. The van der Waals surface area contributed by atoms with Gasteiger partial charge in [-0.15, -0.1) is 23.7 Å². The molecule has 0 aliphatic carbocycles. The summed E-state index contributed by atoms with van der Waals surface area (Å²) in [6.07, 6.45) is 2.65. The van der Waals surface area contributed by atoms with Gasteiger partial charge >= 0.3 is 0 Å². The summed E-state index contributed by atoms with van der Waals surface area (Å²) in [7, 11) is 0. The lowest BCUT2D eigenvalue weighted by atomic mass is 9.98. The maximum Gasteiger partial charge on any atom is 0.113 e. The van der Waals surface area contributed by atoms with Crippen LogP contribution in [0.1, 0.15) is 23.9 Å². The summed E-state index contributed by atoms with van der Waals surface area (Å²) in [6, 6.07) is 8.75. The van der Waals surface area contributed by atoms with Crippen LogP contribution in [0.25, 0.3) is 10.2 Å². The number of aromatic nitrogens is 1. The summed E-state index contributed by atoms with van der Waals surface area (Å²) in [5, 5.41) is 4.74. The number of fused-ring (bicyclic) bond motifs is 1. The van der Waals surface area contributed by atoms with Crippen LogP contribution >= 0.6 is 23.7 Å². The molecule has 23 heavy (non-hydrogen) atoms. The van der Waals surface area contributed by atoms with E-state index in [0.717, 1.165) is 44.3 Å². The third kappa shape index (κ3) is 3.86. The smallest absolute Gasteiger partial charge is 0.113 e. The Balaban J connectivity index is 0.00000156. The molecule has 4 nitrogen and oxygen atoms in total. The Hall–Kier alpha value is -0.720. The van der Waals surface area contributed by atoms with Gasteiger partial charge < -0.3 is 10.1 Å². The molecule has 0 amide bonds. The van der Waals surface area contributed by atoms with Crippen molar-refractivity contribution in [3.05, 3.63) is 29.3 Å². The number of thiazole rings is 1. The maximum absolute atomic E-state index is 5.76. The molecule has 3 heterocycles. The second-order valence-electron chi connectivity index (χ2n) is 6.32. The van der Waals surface area contributed by atoms with E-state index in [9.17, 15) is 0 Å². The number of hydrogen-bond donors (Lipinski definition) is 1.